The number of aromatic nitrogens is 1. The summed E-state index contributed by atoms with van der Waals surface area (Å²) in [5, 5.41) is 12.7. The monoisotopic (exact) mass is 396 g/mol. The minimum Gasteiger partial charge on any atom is -0.480 e. The lowest BCUT2D eigenvalue weighted by atomic mass is 9.93. The number of hydrogen-bond acceptors (Lipinski definition) is 7. The number of carboxylic acids is 1. The Labute approximate surface area is 165 Å². The molecule has 2 fully saturated rings. The van der Waals surface area contributed by atoms with Crippen molar-refractivity contribution in [1.82, 2.24) is 15.0 Å². The number of nitrogen functional groups attached to an aromatic ring is 1. The summed E-state index contributed by atoms with van der Waals surface area (Å²) in [4.78, 5) is 26.9. The van der Waals surface area contributed by atoms with Gasteiger partial charge in [-0.2, -0.15) is 0 Å². The maximum atomic E-state index is 12.2. The molecule has 158 valence electrons. The van der Waals surface area contributed by atoms with Gasteiger partial charge in [0, 0.05) is 31.1 Å². The summed E-state index contributed by atoms with van der Waals surface area (Å²) in [6.07, 6.45) is 2.36. The van der Waals surface area contributed by atoms with Crippen LogP contribution in [0.1, 0.15) is 45.8 Å². The third kappa shape index (κ3) is 6.49. The molecule has 0 radical (unpaired) electrons. The molecule has 0 spiro atoms. The van der Waals surface area contributed by atoms with Crippen LogP contribution in [0.4, 0.5) is 5.82 Å². The van der Waals surface area contributed by atoms with Gasteiger partial charge in [-0.15, -0.1) is 0 Å². The average molecular weight is 396 g/mol. The summed E-state index contributed by atoms with van der Waals surface area (Å²) >= 11 is 0. The average Bonchev–Trinajstić information content (AvgIpc) is 3.10. The third-order valence-electron chi connectivity index (χ3n) is 4.84. The van der Waals surface area contributed by atoms with Gasteiger partial charge in [0.25, 0.3) is 0 Å². The normalized spacial score (nSPS) is 21.0. The van der Waals surface area contributed by atoms with Crippen molar-refractivity contribution in [1.29, 1.82) is 0 Å². The molecule has 0 aromatic carbocycles. The molecule has 9 nitrogen and oxygen atoms in total. The van der Waals surface area contributed by atoms with Crippen LogP contribution >= 0.6 is 0 Å². The Morgan fingerprint density at radius 2 is 1.93 bits per heavy atom. The van der Waals surface area contributed by atoms with Gasteiger partial charge in [0.1, 0.15) is 11.8 Å². The smallest absolute Gasteiger partial charge is 0.326 e. The molecule has 2 aliphatic rings. The van der Waals surface area contributed by atoms with E-state index in [9.17, 15) is 9.59 Å². The molecule has 1 aromatic rings. The van der Waals surface area contributed by atoms with Crippen molar-refractivity contribution < 1.29 is 24.0 Å². The highest BCUT2D eigenvalue weighted by molar-refractivity contribution is 5.85. The number of carbonyl (C=O) groups is 2. The largest absolute Gasteiger partial charge is 0.480 e. The number of morpholine rings is 1. The van der Waals surface area contributed by atoms with Crippen molar-refractivity contribution in [3.8, 4) is 0 Å². The lowest BCUT2D eigenvalue weighted by molar-refractivity contribution is -0.152. The highest BCUT2D eigenvalue weighted by Gasteiger charge is 2.32. The van der Waals surface area contributed by atoms with Crippen LogP contribution in [0.5, 0.6) is 0 Å². The molecule has 2 saturated heterocycles. The summed E-state index contributed by atoms with van der Waals surface area (Å²) in [6.45, 7) is 9.82. The molecule has 1 amide bonds. The molecule has 28 heavy (non-hydrogen) atoms. The third-order valence-corrected chi connectivity index (χ3v) is 4.84. The van der Waals surface area contributed by atoms with Crippen LogP contribution < -0.4 is 5.73 Å². The number of carbonyl (C=O) groups excluding carboxylic acids is 1. The molecule has 0 aliphatic carbocycles. The second kappa shape index (κ2) is 9.88. The molecule has 3 heterocycles. The van der Waals surface area contributed by atoms with E-state index in [4.69, 9.17) is 20.1 Å². The minimum atomic E-state index is -0.884. The van der Waals surface area contributed by atoms with Crippen LogP contribution in [0, 0.1) is 0 Å². The molecule has 0 bridgehead atoms. The highest BCUT2D eigenvalue weighted by Crippen LogP contribution is 2.23. The van der Waals surface area contributed by atoms with Gasteiger partial charge >= 0.3 is 5.97 Å². The predicted molar refractivity (Wildman–Crippen MR) is 104 cm³/mol. The second-order valence-electron chi connectivity index (χ2n) is 8.19. The predicted octanol–water partition coefficient (Wildman–Crippen LogP) is 1.34. The molecule has 0 unspecified atom stereocenters. The molecule has 0 saturated carbocycles. The maximum Gasteiger partial charge on any atom is 0.326 e. The van der Waals surface area contributed by atoms with Gasteiger partial charge in [-0.25, -0.2) is 4.79 Å². The van der Waals surface area contributed by atoms with Crippen molar-refractivity contribution in [2.45, 2.75) is 51.5 Å². The van der Waals surface area contributed by atoms with E-state index in [0.717, 1.165) is 31.7 Å². The van der Waals surface area contributed by atoms with Crippen LogP contribution in [-0.4, -0.2) is 77.4 Å². The summed E-state index contributed by atoms with van der Waals surface area (Å²) in [7, 11) is 0. The molecule has 1 atom stereocenters. The Morgan fingerprint density at radius 1 is 1.25 bits per heavy atom. The molecular weight excluding hydrogens is 364 g/mol. The number of nitrogens with two attached hydrogens (primary N) is 1. The number of aliphatic carboxylic acids is 1. The van der Waals surface area contributed by atoms with E-state index in [0.29, 0.717) is 38.5 Å². The lowest BCUT2D eigenvalue weighted by Crippen LogP contribution is -2.52. The second-order valence-corrected chi connectivity index (χ2v) is 8.19. The quantitative estimate of drug-likeness (QED) is 0.785. The number of amides is 1. The van der Waals surface area contributed by atoms with E-state index in [1.807, 2.05) is 25.7 Å². The standard InChI is InChI=1S/C12H20N2O4.C7H12N2O/c15-11(9-13-5-7-18-8-6-13)14-4-2-1-3-10(14)12(16)17;1-7(2,3)5-4-6(8)9-10-5/h10H,1-9H2,(H,16,17);4H,1-3H3,(H2,8,9)/t10-;/m0./s1. The molecule has 9 heteroatoms. The fourth-order valence-electron chi connectivity index (χ4n) is 3.17. The van der Waals surface area contributed by atoms with Gasteiger partial charge in [0.15, 0.2) is 5.82 Å². The van der Waals surface area contributed by atoms with Gasteiger partial charge in [-0.1, -0.05) is 25.9 Å². The Hall–Kier alpha value is -2.13. The number of ether oxygens (including phenoxy) is 1. The van der Waals surface area contributed by atoms with Gasteiger partial charge in [0.2, 0.25) is 5.91 Å². The number of likely N-dealkylation sites (tertiary alicyclic amines) is 1. The molecule has 3 N–H and O–H groups in total. The van der Waals surface area contributed by atoms with Gasteiger partial charge in [0.05, 0.1) is 19.8 Å². The lowest BCUT2D eigenvalue weighted by Gasteiger charge is -2.35. The zero-order chi connectivity index (χ0) is 20.7. The number of piperidine rings is 1. The van der Waals surface area contributed by atoms with Crippen molar-refractivity contribution >= 4 is 17.7 Å². The topological polar surface area (TPSA) is 122 Å². The minimum absolute atomic E-state index is 0.00458. The summed E-state index contributed by atoms with van der Waals surface area (Å²) < 4.78 is 10.2. The first-order valence-electron chi connectivity index (χ1n) is 9.73. The SMILES string of the molecule is CC(C)(C)c1cc(N)no1.O=C(O)[C@@H]1CCCCN1C(=O)CN1CCOCC1. The number of anilines is 1. The number of nitrogens with zero attached hydrogens (tertiary/aromatic N) is 3. The highest BCUT2D eigenvalue weighted by atomic mass is 16.5. The van der Waals surface area contributed by atoms with Crippen LogP contribution in [0.15, 0.2) is 10.6 Å². The number of hydrogen-bond donors (Lipinski definition) is 2. The first-order valence-corrected chi connectivity index (χ1v) is 9.73. The first kappa shape index (κ1) is 22.2. The Bertz CT molecular complexity index is 649. The zero-order valence-corrected chi connectivity index (χ0v) is 17.0. The first-order chi connectivity index (χ1) is 13.2. The van der Waals surface area contributed by atoms with E-state index < -0.39 is 12.0 Å². The fraction of sp³-hybridized carbons (Fsp3) is 0.737. The van der Waals surface area contributed by atoms with E-state index in [1.165, 1.54) is 4.90 Å². The van der Waals surface area contributed by atoms with Crippen LogP contribution in [0.3, 0.4) is 0 Å². The van der Waals surface area contributed by atoms with Crippen molar-refractivity contribution in [2.24, 2.45) is 0 Å². The number of rotatable bonds is 3. The molecular formula is C19H32N4O5. The van der Waals surface area contributed by atoms with E-state index in [-0.39, 0.29) is 11.3 Å². The van der Waals surface area contributed by atoms with Crippen molar-refractivity contribution in [3.63, 3.8) is 0 Å². The Morgan fingerprint density at radius 3 is 2.43 bits per heavy atom. The van der Waals surface area contributed by atoms with E-state index in [1.54, 1.807) is 6.07 Å². The zero-order valence-electron chi connectivity index (χ0n) is 17.0. The maximum absolute atomic E-state index is 12.2. The van der Waals surface area contributed by atoms with Crippen molar-refractivity contribution in [3.05, 3.63) is 11.8 Å². The molecule has 2 aliphatic heterocycles. The van der Waals surface area contributed by atoms with Gasteiger partial charge in [-0.05, 0) is 19.3 Å². The van der Waals surface area contributed by atoms with E-state index >= 15 is 0 Å². The Kier molecular flexibility index (Phi) is 7.82. The van der Waals surface area contributed by atoms with E-state index in [2.05, 4.69) is 5.16 Å². The van der Waals surface area contributed by atoms with Crippen molar-refractivity contribution in [2.75, 3.05) is 45.1 Å². The van der Waals surface area contributed by atoms with Gasteiger partial charge in [-0.3, -0.25) is 9.69 Å². The van der Waals surface area contributed by atoms with Crippen LogP contribution in [0.25, 0.3) is 0 Å². The van der Waals surface area contributed by atoms with Gasteiger partial charge < -0.3 is 25.0 Å². The summed E-state index contributed by atoms with van der Waals surface area (Å²) in [6, 6.07) is 1.12. The Balaban J connectivity index is 0.000000237. The summed E-state index contributed by atoms with van der Waals surface area (Å²) in [5.74, 6) is 0.323. The molecule has 3 rings (SSSR count). The van der Waals surface area contributed by atoms with Crippen LogP contribution in [0.2, 0.25) is 0 Å². The summed E-state index contributed by atoms with van der Waals surface area (Å²) in [5.41, 5.74) is 5.38. The fourth-order valence-corrected chi connectivity index (χ4v) is 3.17. The number of carboxylic acid groups (broad SMARTS) is 1. The molecule has 1 aromatic heterocycles. The van der Waals surface area contributed by atoms with Crippen LogP contribution in [-0.2, 0) is 19.7 Å².